The largest absolute Gasteiger partial charge is 0.484 e. The van der Waals surface area contributed by atoms with Crippen molar-refractivity contribution in [2.24, 2.45) is 0 Å². The van der Waals surface area contributed by atoms with Crippen molar-refractivity contribution in [3.8, 4) is 16.9 Å². The normalized spacial score (nSPS) is 15.4. The number of amides is 1. The van der Waals surface area contributed by atoms with E-state index < -0.39 is 18.5 Å². The number of aryl methyl sites for hydroxylation is 1. The molecule has 0 spiro atoms. The highest BCUT2D eigenvalue weighted by molar-refractivity contribution is 6.36. The van der Waals surface area contributed by atoms with Crippen molar-refractivity contribution in [3.05, 3.63) is 63.9 Å². The van der Waals surface area contributed by atoms with Crippen molar-refractivity contribution in [2.45, 2.75) is 38.8 Å². The lowest BCUT2D eigenvalue weighted by molar-refractivity contribution is -0.135. The fraction of sp³-hybridized carbons (Fsp3) is 0.375. The van der Waals surface area contributed by atoms with Crippen LogP contribution in [-0.4, -0.2) is 50.4 Å². The number of rotatable bonds is 6. The molecule has 10 heteroatoms. The van der Waals surface area contributed by atoms with Crippen LogP contribution in [0.1, 0.15) is 43.2 Å². The number of carbonyl (C=O) groups excluding carboxylic acids is 1. The number of likely N-dealkylation sites (tertiary alicyclic amines) is 1. The predicted molar refractivity (Wildman–Crippen MR) is 128 cm³/mol. The van der Waals surface area contributed by atoms with Crippen molar-refractivity contribution in [1.29, 1.82) is 0 Å². The average Bonchev–Trinajstić information content (AvgIpc) is 3.33. The second-order valence-electron chi connectivity index (χ2n) is 8.30. The molecule has 0 radical (unpaired) electrons. The number of pyridine rings is 1. The van der Waals surface area contributed by atoms with Gasteiger partial charge < -0.3 is 14.7 Å². The van der Waals surface area contributed by atoms with Crippen LogP contribution < -0.4 is 4.74 Å². The molecule has 0 saturated carbocycles. The summed E-state index contributed by atoms with van der Waals surface area (Å²) in [6, 6.07) is 4.71. The molecule has 1 aliphatic rings. The number of halogens is 3. The topological polar surface area (TPSA) is 80.5 Å². The van der Waals surface area contributed by atoms with Crippen LogP contribution >= 0.6 is 23.2 Å². The van der Waals surface area contributed by atoms with E-state index in [-0.39, 0.29) is 17.0 Å². The Hall–Kier alpha value is -2.68. The van der Waals surface area contributed by atoms with Gasteiger partial charge in [-0.1, -0.05) is 23.2 Å². The molecule has 0 aliphatic carbocycles. The first-order valence-corrected chi connectivity index (χ1v) is 11.7. The summed E-state index contributed by atoms with van der Waals surface area (Å²) in [4.78, 5) is 17.8. The Morgan fingerprint density at radius 3 is 2.71 bits per heavy atom. The van der Waals surface area contributed by atoms with E-state index in [2.05, 4.69) is 10.1 Å². The average molecular weight is 507 g/mol. The van der Waals surface area contributed by atoms with Gasteiger partial charge in [0.1, 0.15) is 24.3 Å². The quantitative estimate of drug-likeness (QED) is 0.476. The van der Waals surface area contributed by atoms with Gasteiger partial charge in [0.05, 0.1) is 23.0 Å². The van der Waals surface area contributed by atoms with Crippen LogP contribution in [0, 0.1) is 12.7 Å². The smallest absolute Gasteiger partial charge is 0.248 e. The molecular weight excluding hydrogens is 482 g/mol. The second-order valence-corrected chi connectivity index (χ2v) is 9.09. The Balaban J connectivity index is 1.51. The number of aliphatic hydroxyl groups excluding tert-OH is 1. The number of ether oxygens (including phenoxy) is 1. The Bertz CT molecular complexity index is 1190. The number of nitrogens with zero attached hydrogens (tertiary/aromatic N) is 4. The SMILES string of the molecule is Cc1ncc(-c2cnn(C3CCN(C(=O)CO)CC3)c2)cc1OC(C)c1c(Cl)ccc(F)c1Cl. The summed E-state index contributed by atoms with van der Waals surface area (Å²) in [5.74, 6) is -0.267. The highest BCUT2D eigenvalue weighted by Crippen LogP contribution is 2.36. The van der Waals surface area contributed by atoms with Gasteiger partial charge in [-0.15, -0.1) is 0 Å². The number of aromatic nitrogens is 3. The highest BCUT2D eigenvalue weighted by Gasteiger charge is 2.24. The first kappa shape index (κ1) is 24.4. The van der Waals surface area contributed by atoms with E-state index >= 15 is 0 Å². The molecule has 1 saturated heterocycles. The number of hydrogen-bond donors (Lipinski definition) is 1. The Morgan fingerprint density at radius 2 is 2.00 bits per heavy atom. The maximum Gasteiger partial charge on any atom is 0.248 e. The molecule has 1 amide bonds. The lowest BCUT2D eigenvalue weighted by Gasteiger charge is -2.31. The second kappa shape index (κ2) is 10.3. The third kappa shape index (κ3) is 5.04. The van der Waals surface area contributed by atoms with Gasteiger partial charge >= 0.3 is 0 Å². The minimum absolute atomic E-state index is 0.0604. The summed E-state index contributed by atoms with van der Waals surface area (Å²) in [7, 11) is 0. The van der Waals surface area contributed by atoms with Gasteiger partial charge in [0, 0.05) is 47.2 Å². The maximum absolute atomic E-state index is 14.0. The lowest BCUT2D eigenvalue weighted by atomic mass is 10.1. The molecule has 2 aromatic heterocycles. The van der Waals surface area contributed by atoms with E-state index in [0.717, 1.165) is 24.0 Å². The highest BCUT2D eigenvalue weighted by atomic mass is 35.5. The monoisotopic (exact) mass is 506 g/mol. The lowest BCUT2D eigenvalue weighted by Crippen LogP contribution is -2.40. The summed E-state index contributed by atoms with van der Waals surface area (Å²) in [5.41, 5.74) is 2.75. The van der Waals surface area contributed by atoms with E-state index in [4.69, 9.17) is 33.0 Å². The molecule has 7 nitrogen and oxygen atoms in total. The Kier molecular flexibility index (Phi) is 7.40. The number of carbonyl (C=O) groups is 1. The van der Waals surface area contributed by atoms with Crippen molar-refractivity contribution in [3.63, 3.8) is 0 Å². The van der Waals surface area contributed by atoms with Crippen LogP contribution in [0.25, 0.3) is 11.1 Å². The maximum atomic E-state index is 14.0. The van der Waals surface area contributed by atoms with E-state index in [9.17, 15) is 9.18 Å². The van der Waals surface area contributed by atoms with Gasteiger partial charge in [0.2, 0.25) is 5.91 Å². The molecule has 1 aromatic carbocycles. The van der Waals surface area contributed by atoms with E-state index in [1.165, 1.54) is 12.1 Å². The molecule has 0 bridgehead atoms. The van der Waals surface area contributed by atoms with Crippen molar-refractivity contribution >= 4 is 29.1 Å². The van der Waals surface area contributed by atoms with Crippen LogP contribution in [0.3, 0.4) is 0 Å². The molecule has 1 unspecified atom stereocenters. The van der Waals surface area contributed by atoms with Gasteiger partial charge in [0.15, 0.2) is 0 Å². The predicted octanol–water partition coefficient (Wildman–Crippen LogP) is 5.00. The van der Waals surface area contributed by atoms with Crippen LogP contribution in [-0.2, 0) is 4.79 Å². The minimum Gasteiger partial charge on any atom is -0.484 e. The van der Waals surface area contributed by atoms with Crippen LogP contribution in [0.5, 0.6) is 5.75 Å². The number of hydrogen-bond acceptors (Lipinski definition) is 5. The van der Waals surface area contributed by atoms with Gasteiger partial charge in [-0.2, -0.15) is 5.10 Å². The zero-order valence-electron chi connectivity index (χ0n) is 18.8. The van der Waals surface area contributed by atoms with Gasteiger partial charge in [-0.3, -0.25) is 14.5 Å². The van der Waals surface area contributed by atoms with Crippen LogP contribution in [0.2, 0.25) is 10.0 Å². The fourth-order valence-electron chi connectivity index (χ4n) is 4.12. The summed E-state index contributed by atoms with van der Waals surface area (Å²) in [6.07, 6.45) is 6.40. The first-order chi connectivity index (χ1) is 16.3. The summed E-state index contributed by atoms with van der Waals surface area (Å²) < 4.78 is 22.0. The molecule has 1 aliphatic heterocycles. The molecular formula is C24H25Cl2FN4O3. The zero-order chi connectivity index (χ0) is 24.4. The molecule has 1 N–H and O–H groups in total. The molecule has 3 aromatic rings. The molecule has 34 heavy (non-hydrogen) atoms. The summed E-state index contributed by atoms with van der Waals surface area (Å²) in [5, 5.41) is 13.8. The first-order valence-electron chi connectivity index (χ1n) is 11.0. The van der Waals surface area contributed by atoms with E-state index in [1.807, 2.05) is 23.9 Å². The van der Waals surface area contributed by atoms with Gasteiger partial charge in [-0.05, 0) is 44.9 Å². The zero-order valence-corrected chi connectivity index (χ0v) is 20.4. The van der Waals surface area contributed by atoms with E-state index in [0.29, 0.717) is 35.1 Å². The van der Waals surface area contributed by atoms with Crippen molar-refractivity contribution in [2.75, 3.05) is 19.7 Å². The number of piperidine rings is 1. The summed E-state index contributed by atoms with van der Waals surface area (Å²) >= 11 is 12.4. The van der Waals surface area contributed by atoms with Crippen LogP contribution in [0.15, 0.2) is 36.8 Å². The van der Waals surface area contributed by atoms with Crippen molar-refractivity contribution in [1.82, 2.24) is 19.7 Å². The van der Waals surface area contributed by atoms with Crippen molar-refractivity contribution < 1.29 is 19.0 Å². The molecule has 3 heterocycles. The third-order valence-corrected chi connectivity index (χ3v) is 6.81. The Labute approximate surface area is 207 Å². The third-order valence-electron chi connectivity index (χ3n) is 6.09. The van der Waals surface area contributed by atoms with Gasteiger partial charge in [-0.25, -0.2) is 4.39 Å². The molecule has 4 rings (SSSR count). The van der Waals surface area contributed by atoms with E-state index in [1.54, 1.807) is 24.2 Å². The fourth-order valence-corrected chi connectivity index (χ4v) is 4.80. The van der Waals surface area contributed by atoms with Gasteiger partial charge in [0.25, 0.3) is 0 Å². The molecule has 180 valence electrons. The number of benzene rings is 1. The number of aliphatic hydroxyl groups is 1. The Morgan fingerprint density at radius 1 is 1.26 bits per heavy atom. The minimum atomic E-state index is -0.596. The standard InChI is InChI=1S/C24H25Cl2FN4O3/c1-14-21(34-15(2)23-19(25)3-4-20(27)24(23)26)9-16(10-28-14)17-11-29-31(12-17)18-5-7-30(8-6-18)22(33)13-32/h3-4,9-12,15,18,32H,5-8,13H2,1-2H3. The molecule has 1 atom stereocenters. The summed E-state index contributed by atoms with van der Waals surface area (Å²) in [6.45, 7) is 4.30. The van der Waals surface area contributed by atoms with Crippen LogP contribution in [0.4, 0.5) is 4.39 Å². The molecule has 1 fully saturated rings.